The Balaban J connectivity index is 2.12. The fraction of sp³-hybridized carbons (Fsp3) is 0.750. The summed E-state index contributed by atoms with van der Waals surface area (Å²) in [7, 11) is 0. The van der Waals surface area contributed by atoms with Crippen LogP contribution >= 0.6 is 0 Å². The normalized spacial score (nSPS) is 21.6. The molecule has 0 unspecified atom stereocenters. The second-order valence-electron chi connectivity index (χ2n) is 10.6. The van der Waals surface area contributed by atoms with Crippen molar-refractivity contribution in [2.75, 3.05) is 39.4 Å². The van der Waals surface area contributed by atoms with Crippen molar-refractivity contribution in [1.82, 2.24) is 10.2 Å². The Hall–Kier alpha value is -1.10. The topological polar surface area (TPSA) is 44.7 Å². The summed E-state index contributed by atoms with van der Waals surface area (Å²) in [6, 6.07) is 4.99. The zero-order chi connectivity index (χ0) is 20.5. The zero-order valence-electron chi connectivity index (χ0n) is 18.8. The molecule has 0 amide bonds. The van der Waals surface area contributed by atoms with Gasteiger partial charge in [0.1, 0.15) is 5.75 Å². The number of nitrogens with zero attached hydrogens (tertiary/aromatic N) is 1. The van der Waals surface area contributed by atoms with E-state index in [1.165, 1.54) is 5.56 Å². The zero-order valence-corrected chi connectivity index (χ0v) is 18.8. The van der Waals surface area contributed by atoms with Crippen molar-refractivity contribution in [2.45, 2.75) is 71.3 Å². The molecule has 0 aliphatic carbocycles. The molecule has 4 nitrogen and oxygen atoms in total. The van der Waals surface area contributed by atoms with Gasteiger partial charge in [0, 0.05) is 45.4 Å². The maximum Gasteiger partial charge on any atom is 0.123 e. The lowest BCUT2D eigenvalue weighted by atomic mass is 9.75. The predicted molar refractivity (Wildman–Crippen MR) is 116 cm³/mol. The van der Waals surface area contributed by atoms with E-state index >= 15 is 0 Å². The largest absolute Gasteiger partial charge is 0.507 e. The van der Waals surface area contributed by atoms with Crippen LogP contribution in [0, 0.1) is 5.92 Å². The van der Waals surface area contributed by atoms with Crippen molar-refractivity contribution in [3.63, 3.8) is 0 Å². The Labute approximate surface area is 171 Å². The van der Waals surface area contributed by atoms with E-state index in [0.29, 0.717) is 17.7 Å². The number of hydrogen-bond donors (Lipinski definition) is 2. The smallest absolute Gasteiger partial charge is 0.123 e. The molecule has 1 aromatic carbocycles. The highest BCUT2D eigenvalue weighted by Crippen LogP contribution is 2.44. The molecular weight excluding hydrogens is 348 g/mol. The molecule has 2 N–H and O–H groups in total. The van der Waals surface area contributed by atoms with E-state index in [0.717, 1.165) is 63.4 Å². The van der Waals surface area contributed by atoms with Gasteiger partial charge in [-0.1, -0.05) is 41.5 Å². The molecule has 2 aliphatic heterocycles. The van der Waals surface area contributed by atoms with Gasteiger partial charge < -0.3 is 15.2 Å². The van der Waals surface area contributed by atoms with Crippen LogP contribution in [0.3, 0.4) is 0 Å². The van der Waals surface area contributed by atoms with Crippen LogP contribution < -0.4 is 5.32 Å². The fourth-order valence-corrected chi connectivity index (χ4v) is 4.74. The summed E-state index contributed by atoms with van der Waals surface area (Å²) in [6.07, 6.45) is 2.23. The standard InChI is InChI=1S/C24H40N2O2/c1-23(2,3)19-15-18(16-20(22(19)27)24(4,5)6)21(17-7-13-28-14-8-17)26-11-9-25-10-12-26/h15-17,21,25,27H,7-14H2,1-6H3/t21-/m0/s1. The summed E-state index contributed by atoms with van der Waals surface area (Å²) in [5, 5.41) is 14.6. The molecule has 4 heteroatoms. The van der Waals surface area contributed by atoms with Crippen molar-refractivity contribution in [3.8, 4) is 5.75 Å². The molecule has 2 heterocycles. The Morgan fingerprint density at radius 2 is 1.46 bits per heavy atom. The third kappa shape index (κ3) is 4.72. The van der Waals surface area contributed by atoms with Gasteiger partial charge in [0.2, 0.25) is 0 Å². The van der Waals surface area contributed by atoms with E-state index in [4.69, 9.17) is 4.74 Å². The molecule has 2 saturated heterocycles. The minimum Gasteiger partial charge on any atom is -0.507 e. The van der Waals surface area contributed by atoms with Crippen molar-refractivity contribution in [2.24, 2.45) is 5.92 Å². The second-order valence-corrected chi connectivity index (χ2v) is 10.6. The molecule has 28 heavy (non-hydrogen) atoms. The SMILES string of the molecule is CC(C)(C)c1cc([C@H](C2CCOCC2)N2CCNCC2)cc(C(C)(C)C)c1O. The minimum absolute atomic E-state index is 0.0935. The number of rotatable bonds is 3. The Morgan fingerprint density at radius 1 is 0.964 bits per heavy atom. The van der Waals surface area contributed by atoms with Crippen LogP contribution in [0.25, 0.3) is 0 Å². The van der Waals surface area contributed by atoms with Gasteiger partial charge in [-0.25, -0.2) is 0 Å². The minimum atomic E-state index is -0.0935. The molecule has 0 bridgehead atoms. The molecule has 0 aromatic heterocycles. The Morgan fingerprint density at radius 3 is 1.93 bits per heavy atom. The number of phenolic OH excluding ortho intramolecular Hbond substituents is 1. The van der Waals surface area contributed by atoms with Crippen LogP contribution in [0.2, 0.25) is 0 Å². The average Bonchev–Trinajstić information content (AvgIpc) is 2.63. The summed E-state index contributed by atoms with van der Waals surface area (Å²) in [5.74, 6) is 1.09. The second kappa shape index (κ2) is 8.33. The van der Waals surface area contributed by atoms with E-state index in [1.54, 1.807) is 0 Å². The molecule has 3 rings (SSSR count). The van der Waals surface area contributed by atoms with Crippen LogP contribution in [-0.2, 0) is 15.6 Å². The van der Waals surface area contributed by atoms with Crippen LogP contribution in [0.5, 0.6) is 5.75 Å². The van der Waals surface area contributed by atoms with Gasteiger partial charge in [0.25, 0.3) is 0 Å². The molecule has 2 fully saturated rings. The van der Waals surface area contributed by atoms with Crippen molar-refractivity contribution in [1.29, 1.82) is 0 Å². The molecule has 1 atom stereocenters. The lowest BCUT2D eigenvalue weighted by Crippen LogP contribution is -2.47. The predicted octanol–water partition coefficient (Wildman–Crippen LogP) is 4.36. The van der Waals surface area contributed by atoms with Gasteiger partial charge in [-0.15, -0.1) is 0 Å². The van der Waals surface area contributed by atoms with Crippen molar-refractivity contribution >= 4 is 0 Å². The molecule has 1 aromatic rings. The summed E-state index contributed by atoms with van der Waals surface area (Å²) < 4.78 is 5.68. The van der Waals surface area contributed by atoms with Crippen LogP contribution in [-0.4, -0.2) is 49.4 Å². The molecule has 0 saturated carbocycles. The lowest BCUT2D eigenvalue weighted by molar-refractivity contribution is 0.0212. The number of nitrogens with one attached hydrogen (secondary N) is 1. The van der Waals surface area contributed by atoms with Gasteiger partial charge in [0.05, 0.1) is 0 Å². The Bertz CT molecular complexity index is 607. The highest BCUT2D eigenvalue weighted by atomic mass is 16.5. The fourth-order valence-electron chi connectivity index (χ4n) is 4.74. The Kier molecular flexibility index (Phi) is 6.43. The first-order chi connectivity index (χ1) is 13.1. The first kappa shape index (κ1) is 21.6. The molecule has 0 radical (unpaired) electrons. The number of benzene rings is 1. The number of ether oxygens (including phenoxy) is 1. The third-order valence-electron chi connectivity index (χ3n) is 6.35. The van der Waals surface area contributed by atoms with Crippen LogP contribution in [0.15, 0.2) is 12.1 Å². The van der Waals surface area contributed by atoms with Crippen molar-refractivity contribution in [3.05, 3.63) is 28.8 Å². The summed E-state index contributed by atoms with van der Waals surface area (Å²) in [5.41, 5.74) is 3.33. The van der Waals surface area contributed by atoms with E-state index in [-0.39, 0.29) is 10.8 Å². The van der Waals surface area contributed by atoms with E-state index in [1.807, 2.05) is 0 Å². The monoisotopic (exact) mass is 388 g/mol. The first-order valence-electron chi connectivity index (χ1n) is 11.0. The van der Waals surface area contributed by atoms with Gasteiger partial charge in [-0.3, -0.25) is 4.90 Å². The summed E-state index contributed by atoms with van der Waals surface area (Å²) in [4.78, 5) is 2.66. The third-order valence-corrected chi connectivity index (χ3v) is 6.35. The highest BCUT2D eigenvalue weighted by molar-refractivity contribution is 5.50. The van der Waals surface area contributed by atoms with E-state index in [9.17, 15) is 5.11 Å². The summed E-state index contributed by atoms with van der Waals surface area (Å²) >= 11 is 0. The van der Waals surface area contributed by atoms with Gasteiger partial charge in [-0.2, -0.15) is 0 Å². The maximum atomic E-state index is 11.1. The van der Waals surface area contributed by atoms with Gasteiger partial charge in [0.15, 0.2) is 0 Å². The molecule has 2 aliphatic rings. The highest BCUT2D eigenvalue weighted by Gasteiger charge is 2.34. The van der Waals surface area contributed by atoms with Crippen LogP contribution in [0.4, 0.5) is 0 Å². The van der Waals surface area contributed by atoms with Crippen molar-refractivity contribution < 1.29 is 9.84 Å². The van der Waals surface area contributed by atoms with E-state index < -0.39 is 0 Å². The van der Waals surface area contributed by atoms with Gasteiger partial charge in [-0.05, 0) is 58.4 Å². The first-order valence-corrected chi connectivity index (χ1v) is 11.0. The number of hydrogen-bond acceptors (Lipinski definition) is 4. The lowest BCUT2D eigenvalue weighted by Gasteiger charge is -2.42. The number of piperazine rings is 1. The van der Waals surface area contributed by atoms with E-state index in [2.05, 4.69) is 63.9 Å². The molecular formula is C24H40N2O2. The molecule has 0 spiro atoms. The molecule has 158 valence electrons. The number of aromatic hydroxyl groups is 1. The average molecular weight is 389 g/mol. The summed E-state index contributed by atoms with van der Waals surface area (Å²) in [6.45, 7) is 19.2. The van der Waals surface area contributed by atoms with Gasteiger partial charge >= 0.3 is 0 Å². The quantitative estimate of drug-likeness (QED) is 0.807. The number of phenols is 1. The maximum absolute atomic E-state index is 11.1. The van der Waals surface area contributed by atoms with Crippen LogP contribution in [0.1, 0.15) is 77.1 Å².